The molecule has 1 unspecified atom stereocenters. The molecule has 5 rings (SSSR count). The van der Waals surface area contributed by atoms with Gasteiger partial charge < -0.3 is 34.1 Å². The monoisotopic (exact) mass is 697 g/mol. The van der Waals surface area contributed by atoms with Gasteiger partial charge in [-0.3, -0.25) is 9.59 Å². The zero-order chi connectivity index (χ0) is 36.2. The van der Waals surface area contributed by atoms with Crippen molar-refractivity contribution < 1.29 is 38.4 Å². The molecule has 9 nitrogen and oxygen atoms in total. The molecule has 0 saturated carbocycles. The third-order valence-electron chi connectivity index (χ3n) is 11.4. The molecule has 0 aromatic heterocycles. The molecule has 1 aromatic carbocycles. The van der Waals surface area contributed by atoms with Crippen LogP contribution in [-0.4, -0.2) is 68.3 Å². The fraction of sp³-hybridized carbons (Fsp3) is 0.659. The van der Waals surface area contributed by atoms with Crippen LogP contribution >= 0.6 is 0 Å². The molecule has 0 spiro atoms. The highest BCUT2D eigenvalue weighted by Crippen LogP contribution is 2.48. The summed E-state index contributed by atoms with van der Waals surface area (Å²) < 4.78 is 30.4. The van der Waals surface area contributed by atoms with Crippen molar-refractivity contribution in [2.24, 2.45) is 29.6 Å². The molecule has 1 aliphatic carbocycles. The first kappa shape index (κ1) is 41.3. The number of nitrogens with one attached hydrogen (secondary N) is 1. The Labute approximate surface area is 300 Å². The molecular formula is C41H63NO8. The number of allylic oxidation sites excluding steroid dienone is 3. The van der Waals surface area contributed by atoms with Crippen molar-refractivity contribution in [3.05, 3.63) is 58.4 Å². The summed E-state index contributed by atoms with van der Waals surface area (Å²) in [4.78, 5) is 27.6. The van der Waals surface area contributed by atoms with E-state index in [9.17, 15) is 14.7 Å². The second-order valence-corrected chi connectivity index (χ2v) is 14.4. The van der Waals surface area contributed by atoms with Crippen molar-refractivity contribution in [3.8, 4) is 11.5 Å². The molecule has 0 fully saturated rings. The van der Waals surface area contributed by atoms with Crippen molar-refractivity contribution in [1.82, 2.24) is 5.32 Å². The SMILES string of the molecule is C.CC/C1=C/C=C/[C@H](C)[C@H](OC)[C@@H](CC)[C@@H](O)[C@@H](C)[C@H](OC)[C@H](C)[C@@H](C)/C=C/O[C@@]2(C)Oc3c(C)c(OC)c4c(c3C2=O)CCC(C4)NC1=O. The van der Waals surface area contributed by atoms with E-state index in [0.29, 0.717) is 48.3 Å². The number of rotatable bonds is 5. The van der Waals surface area contributed by atoms with E-state index >= 15 is 0 Å². The van der Waals surface area contributed by atoms with E-state index in [1.807, 2.05) is 39.0 Å². The quantitative estimate of drug-likeness (QED) is 0.330. The number of aliphatic hydroxyl groups excluding tert-OH is 1. The number of methoxy groups -OCH3 is 3. The highest BCUT2D eigenvalue weighted by molar-refractivity contribution is 6.08. The van der Waals surface area contributed by atoms with Crippen molar-refractivity contribution in [2.75, 3.05) is 21.3 Å². The van der Waals surface area contributed by atoms with Gasteiger partial charge in [0.15, 0.2) is 0 Å². The first-order valence-corrected chi connectivity index (χ1v) is 18.0. The van der Waals surface area contributed by atoms with Crippen molar-refractivity contribution in [2.45, 2.75) is 125 Å². The number of carbonyl (C=O) groups is 2. The predicted molar refractivity (Wildman–Crippen MR) is 198 cm³/mol. The Hall–Kier alpha value is -3.14. The molecular weight excluding hydrogens is 634 g/mol. The van der Waals surface area contributed by atoms with Crippen LogP contribution in [-0.2, 0) is 31.8 Å². The van der Waals surface area contributed by atoms with Crippen molar-refractivity contribution >= 4 is 11.7 Å². The van der Waals surface area contributed by atoms with Gasteiger partial charge in [-0.05, 0) is 62.5 Å². The number of carbonyl (C=O) groups excluding carboxylic acids is 2. The number of benzene rings is 1. The predicted octanol–water partition coefficient (Wildman–Crippen LogP) is 7.30. The summed E-state index contributed by atoms with van der Waals surface area (Å²) in [5, 5.41) is 15.0. The average molecular weight is 698 g/mol. The van der Waals surface area contributed by atoms with Crippen LogP contribution in [0.25, 0.3) is 0 Å². The van der Waals surface area contributed by atoms with Crippen molar-refractivity contribution in [1.29, 1.82) is 0 Å². The van der Waals surface area contributed by atoms with Gasteiger partial charge in [0.1, 0.15) is 11.5 Å². The molecule has 1 amide bonds. The number of aliphatic hydroxyl groups is 1. The topological polar surface area (TPSA) is 113 Å². The smallest absolute Gasteiger partial charge is 0.312 e. The standard InChI is InChI=1S/C40H59NO8.CH4/c1-12-27-16-14-15-23(4)34(45-9)29(13-2)33(42)25(6)35(46-10)24(5)22(3)19-20-48-40(8)38(43)32-30-18-17-28(41-39(27)44)21-31(30)36(47-11)26(7)37(32)49-40;/h14-16,19-20,22-25,28-29,33-35,42H,12-13,17-18,21H2,1-11H3,(H,41,44);1H4/b15-14+,20-19+,27-16-;/t22-,23-,24+,25+,28?,29-,33-,34-,35+,40-;/m0./s1. The second-order valence-electron chi connectivity index (χ2n) is 14.4. The van der Waals surface area contributed by atoms with Crippen LogP contribution in [0, 0.1) is 36.5 Å². The Morgan fingerprint density at radius 2 is 1.66 bits per heavy atom. The van der Waals surface area contributed by atoms with Crippen LogP contribution in [0.2, 0.25) is 0 Å². The van der Waals surface area contributed by atoms with E-state index in [1.54, 1.807) is 34.5 Å². The van der Waals surface area contributed by atoms with Crippen LogP contribution in [0.4, 0.5) is 0 Å². The third-order valence-corrected chi connectivity index (χ3v) is 11.4. The highest BCUT2D eigenvalue weighted by atomic mass is 16.7. The minimum Gasteiger partial charge on any atom is -0.496 e. The van der Waals surface area contributed by atoms with Gasteiger partial charge in [-0.1, -0.05) is 67.2 Å². The molecule has 1 aromatic rings. The number of hydrogen-bond acceptors (Lipinski definition) is 8. The van der Waals surface area contributed by atoms with Gasteiger partial charge in [0.2, 0.25) is 5.91 Å². The van der Waals surface area contributed by atoms with E-state index in [2.05, 4.69) is 39.1 Å². The first-order valence-electron chi connectivity index (χ1n) is 18.0. The molecule has 9 heteroatoms. The van der Waals surface area contributed by atoms with Crippen molar-refractivity contribution in [3.63, 3.8) is 0 Å². The van der Waals surface area contributed by atoms with Crippen LogP contribution in [0.1, 0.15) is 102 Å². The largest absolute Gasteiger partial charge is 0.496 e. The fourth-order valence-corrected chi connectivity index (χ4v) is 8.21. The lowest BCUT2D eigenvalue weighted by atomic mass is 9.75. The Kier molecular flexibility index (Phi) is 14.4. The van der Waals surface area contributed by atoms with E-state index in [0.717, 1.165) is 23.1 Å². The lowest BCUT2D eigenvalue weighted by Crippen LogP contribution is -2.45. The van der Waals surface area contributed by atoms with Gasteiger partial charge in [-0.2, -0.15) is 0 Å². The van der Waals surface area contributed by atoms with Crippen LogP contribution in [0.15, 0.2) is 36.1 Å². The maximum absolute atomic E-state index is 14.1. The average Bonchev–Trinajstić information content (AvgIpc) is 3.35. The summed E-state index contributed by atoms with van der Waals surface area (Å²) in [5.74, 6) is -1.07. The van der Waals surface area contributed by atoms with Gasteiger partial charge in [-0.25, -0.2) is 0 Å². The van der Waals surface area contributed by atoms with Gasteiger partial charge in [0.25, 0.3) is 5.78 Å². The van der Waals surface area contributed by atoms with Gasteiger partial charge in [-0.15, -0.1) is 0 Å². The molecule has 2 N–H and O–H groups in total. The van der Waals surface area contributed by atoms with Gasteiger partial charge >= 0.3 is 5.79 Å². The van der Waals surface area contributed by atoms with E-state index in [1.165, 1.54) is 0 Å². The molecule has 3 aliphatic heterocycles. The summed E-state index contributed by atoms with van der Waals surface area (Å²) in [7, 11) is 5.00. The van der Waals surface area contributed by atoms with Crippen LogP contribution < -0.4 is 14.8 Å². The number of hydrogen-bond donors (Lipinski definition) is 2. The molecule has 0 saturated heterocycles. The molecule has 4 aliphatic rings. The molecule has 5 bridgehead atoms. The van der Waals surface area contributed by atoms with Crippen LogP contribution in [0.3, 0.4) is 0 Å². The van der Waals surface area contributed by atoms with Gasteiger partial charge in [0.05, 0.1) is 37.2 Å². The number of amides is 1. The van der Waals surface area contributed by atoms with E-state index < -0.39 is 11.9 Å². The lowest BCUT2D eigenvalue weighted by molar-refractivity contribution is -0.118. The highest BCUT2D eigenvalue weighted by Gasteiger charge is 2.50. The zero-order valence-electron chi connectivity index (χ0n) is 31.4. The third kappa shape index (κ3) is 8.00. The van der Waals surface area contributed by atoms with E-state index in [4.69, 9.17) is 23.7 Å². The molecule has 10 atom stereocenters. The normalized spacial score (nSPS) is 35.8. The minimum absolute atomic E-state index is 0. The molecule has 50 heavy (non-hydrogen) atoms. The van der Waals surface area contributed by atoms with Gasteiger partial charge in [0, 0.05) is 61.6 Å². The maximum Gasteiger partial charge on any atom is 0.312 e. The summed E-state index contributed by atoms with van der Waals surface area (Å²) in [6, 6.07) is -0.121. The maximum atomic E-state index is 14.1. The lowest BCUT2D eigenvalue weighted by Gasteiger charge is -2.39. The van der Waals surface area contributed by atoms with Crippen LogP contribution in [0.5, 0.6) is 11.5 Å². The molecule has 280 valence electrons. The number of ketones is 1. The number of fused-ring (bicyclic) bond motifs is 14. The van der Waals surface area contributed by atoms with E-state index in [-0.39, 0.29) is 67.0 Å². The second kappa shape index (κ2) is 17.4. The minimum atomic E-state index is -1.54. The zero-order valence-corrected chi connectivity index (χ0v) is 31.4. The Bertz CT molecular complexity index is 1450. The Morgan fingerprint density at radius 1 is 0.980 bits per heavy atom. The number of ether oxygens (including phenoxy) is 5. The summed E-state index contributed by atoms with van der Waals surface area (Å²) in [6.45, 7) is 15.9. The summed E-state index contributed by atoms with van der Waals surface area (Å²) in [6.07, 6.45) is 11.2. The fourth-order valence-electron chi connectivity index (χ4n) is 8.21. The summed E-state index contributed by atoms with van der Waals surface area (Å²) in [5.41, 5.74) is 3.78. The summed E-state index contributed by atoms with van der Waals surface area (Å²) >= 11 is 0. The Morgan fingerprint density at radius 3 is 2.26 bits per heavy atom. The first-order chi connectivity index (χ1) is 23.3. The Balaban J connectivity index is 0.00000676. The molecule has 0 radical (unpaired) electrons. The molecule has 3 heterocycles. The number of Topliss-reactive ketones (excluding diaryl/α,β-unsaturated/α-hetero) is 1.